The highest BCUT2D eigenvalue weighted by molar-refractivity contribution is 6.31. The number of aryl methyl sites for hydroxylation is 1. The summed E-state index contributed by atoms with van der Waals surface area (Å²) >= 11 is 6.12. The zero-order valence-electron chi connectivity index (χ0n) is 21.5. The molecule has 2 aromatic rings. The third kappa shape index (κ3) is 6.78. The summed E-state index contributed by atoms with van der Waals surface area (Å²) in [6.45, 7) is 10.3. The number of nitrogens with one attached hydrogen (secondary N) is 2. The van der Waals surface area contributed by atoms with Crippen molar-refractivity contribution in [2.45, 2.75) is 59.4 Å². The Labute approximate surface area is 216 Å². The van der Waals surface area contributed by atoms with Gasteiger partial charge in [0.05, 0.1) is 23.8 Å². The molecule has 0 unspecified atom stereocenters. The average Bonchev–Trinajstić information content (AvgIpc) is 3.21. The van der Waals surface area contributed by atoms with E-state index in [9.17, 15) is 14.4 Å². The first kappa shape index (κ1) is 27.5. The van der Waals surface area contributed by atoms with Crippen molar-refractivity contribution in [1.82, 2.24) is 20.7 Å². The molecule has 0 saturated heterocycles. The number of rotatable bonds is 3. The predicted molar refractivity (Wildman–Crippen MR) is 137 cm³/mol. The summed E-state index contributed by atoms with van der Waals surface area (Å²) in [6, 6.07) is 4.55. The van der Waals surface area contributed by atoms with Crippen LogP contribution in [0.3, 0.4) is 0 Å². The normalized spacial score (nSPS) is 18.1. The summed E-state index contributed by atoms with van der Waals surface area (Å²) in [5.74, 6) is -0.00351. The highest BCUT2D eigenvalue weighted by Crippen LogP contribution is 2.25. The molecule has 10 heteroatoms. The second-order valence-corrected chi connectivity index (χ2v) is 10.1. The maximum Gasteiger partial charge on any atom is 0.259 e. The lowest BCUT2D eigenvalue weighted by molar-refractivity contribution is -0.123. The van der Waals surface area contributed by atoms with Gasteiger partial charge >= 0.3 is 0 Å². The van der Waals surface area contributed by atoms with Gasteiger partial charge in [-0.1, -0.05) is 44.5 Å². The lowest BCUT2D eigenvalue weighted by atomic mass is 10.0. The minimum Gasteiger partial charge on any atom is -0.491 e. The molecule has 2 N–H and O–H groups in total. The molecule has 1 aliphatic heterocycles. The number of fused-ring (bicyclic) bond motifs is 1. The molecule has 0 radical (unpaired) electrons. The van der Waals surface area contributed by atoms with E-state index in [-0.39, 0.29) is 48.8 Å². The highest BCUT2D eigenvalue weighted by Gasteiger charge is 2.29. The SMILES string of the molecule is Cc1onc(C(C)C)c1C(=O)N1CCCCNC(=O)c2cc(Cl)ccc2OC[C@H](C(C)C)NC(=O)C1. The lowest BCUT2D eigenvalue weighted by Crippen LogP contribution is -2.48. The summed E-state index contributed by atoms with van der Waals surface area (Å²) in [7, 11) is 0. The number of carbonyl (C=O) groups excluding carboxylic acids is 3. The number of hydrogen-bond acceptors (Lipinski definition) is 6. The van der Waals surface area contributed by atoms with E-state index >= 15 is 0 Å². The molecule has 196 valence electrons. The maximum atomic E-state index is 13.5. The van der Waals surface area contributed by atoms with Crippen LogP contribution in [0.5, 0.6) is 5.75 Å². The van der Waals surface area contributed by atoms with Crippen LogP contribution in [0, 0.1) is 12.8 Å². The number of benzene rings is 1. The first-order valence-electron chi connectivity index (χ1n) is 12.3. The molecule has 0 aliphatic carbocycles. The maximum absolute atomic E-state index is 13.5. The molecule has 3 amide bonds. The van der Waals surface area contributed by atoms with Crippen LogP contribution >= 0.6 is 11.6 Å². The molecular weight excluding hydrogens is 484 g/mol. The highest BCUT2D eigenvalue weighted by atomic mass is 35.5. The van der Waals surface area contributed by atoms with Crippen molar-refractivity contribution in [3.05, 3.63) is 45.8 Å². The van der Waals surface area contributed by atoms with Gasteiger partial charge in [0, 0.05) is 18.1 Å². The summed E-state index contributed by atoms with van der Waals surface area (Å²) in [6.07, 6.45) is 1.20. The fourth-order valence-electron chi connectivity index (χ4n) is 3.99. The Hall–Kier alpha value is -3.07. The third-order valence-corrected chi connectivity index (χ3v) is 6.40. The van der Waals surface area contributed by atoms with Gasteiger partial charge < -0.3 is 24.8 Å². The first-order valence-corrected chi connectivity index (χ1v) is 12.7. The largest absolute Gasteiger partial charge is 0.491 e. The number of nitrogens with zero attached hydrogens (tertiary/aromatic N) is 2. The van der Waals surface area contributed by atoms with E-state index in [1.807, 2.05) is 27.7 Å². The van der Waals surface area contributed by atoms with Gasteiger partial charge in [-0.3, -0.25) is 14.4 Å². The van der Waals surface area contributed by atoms with E-state index in [0.717, 1.165) is 0 Å². The number of halogens is 1. The van der Waals surface area contributed by atoms with Crippen molar-refractivity contribution in [1.29, 1.82) is 0 Å². The number of amides is 3. The summed E-state index contributed by atoms with van der Waals surface area (Å²) < 4.78 is 11.3. The van der Waals surface area contributed by atoms with Crippen LogP contribution < -0.4 is 15.4 Å². The summed E-state index contributed by atoms with van der Waals surface area (Å²) in [5.41, 5.74) is 1.32. The van der Waals surface area contributed by atoms with E-state index in [1.54, 1.807) is 25.1 Å². The van der Waals surface area contributed by atoms with Gasteiger partial charge in [-0.05, 0) is 49.8 Å². The van der Waals surface area contributed by atoms with Crippen LogP contribution in [0.1, 0.15) is 78.6 Å². The smallest absolute Gasteiger partial charge is 0.259 e. The van der Waals surface area contributed by atoms with Crippen LogP contribution in [0.4, 0.5) is 0 Å². The minimum atomic E-state index is -0.338. The molecule has 3 rings (SSSR count). The Balaban J connectivity index is 1.86. The van der Waals surface area contributed by atoms with Crippen molar-refractivity contribution in [3.63, 3.8) is 0 Å². The van der Waals surface area contributed by atoms with E-state index in [1.165, 1.54) is 4.90 Å². The Morgan fingerprint density at radius 2 is 1.94 bits per heavy atom. The van der Waals surface area contributed by atoms with Gasteiger partial charge in [0.2, 0.25) is 5.91 Å². The molecule has 36 heavy (non-hydrogen) atoms. The zero-order chi connectivity index (χ0) is 26.4. The summed E-state index contributed by atoms with van der Waals surface area (Å²) in [4.78, 5) is 41.0. The number of aromatic nitrogens is 1. The van der Waals surface area contributed by atoms with Crippen LogP contribution in [-0.2, 0) is 4.79 Å². The van der Waals surface area contributed by atoms with Gasteiger partial charge in [-0.25, -0.2) is 0 Å². The molecule has 1 aliphatic rings. The molecule has 2 heterocycles. The standard InChI is InChI=1S/C26H35ClN4O5/c1-15(2)20-14-35-21-9-8-18(27)12-19(21)25(33)28-10-6-7-11-31(13-22(32)29-20)26(34)23-17(5)36-30-24(23)16(3)4/h8-9,12,15-16,20H,6-7,10-11,13-14H2,1-5H3,(H,28,33)(H,29,32)/t20-/m1/s1. The van der Waals surface area contributed by atoms with Crippen molar-refractivity contribution >= 4 is 29.3 Å². The van der Waals surface area contributed by atoms with E-state index in [0.29, 0.717) is 59.3 Å². The zero-order valence-corrected chi connectivity index (χ0v) is 22.3. The Morgan fingerprint density at radius 3 is 2.64 bits per heavy atom. The van der Waals surface area contributed by atoms with Gasteiger partial charge in [0.15, 0.2) is 0 Å². The Bertz CT molecular complexity index is 1100. The number of carbonyl (C=O) groups is 3. The monoisotopic (exact) mass is 518 g/mol. The molecule has 1 atom stereocenters. The fraction of sp³-hybridized carbons (Fsp3) is 0.538. The molecular formula is C26H35ClN4O5. The molecule has 0 fully saturated rings. The minimum absolute atomic E-state index is 0.00787. The van der Waals surface area contributed by atoms with Gasteiger partial charge in [0.1, 0.15) is 23.7 Å². The lowest BCUT2D eigenvalue weighted by Gasteiger charge is -2.26. The first-order chi connectivity index (χ1) is 17.1. The second kappa shape index (κ2) is 12.3. The molecule has 1 aromatic heterocycles. The number of hydrogen-bond donors (Lipinski definition) is 2. The van der Waals surface area contributed by atoms with E-state index in [4.69, 9.17) is 20.9 Å². The molecule has 0 spiro atoms. The average molecular weight is 519 g/mol. The third-order valence-electron chi connectivity index (χ3n) is 6.17. The van der Waals surface area contributed by atoms with Crippen LogP contribution in [-0.4, -0.2) is 60.1 Å². The van der Waals surface area contributed by atoms with Gasteiger partial charge in [-0.15, -0.1) is 0 Å². The van der Waals surface area contributed by atoms with Gasteiger partial charge in [-0.2, -0.15) is 0 Å². The van der Waals surface area contributed by atoms with Crippen LogP contribution in [0.25, 0.3) is 0 Å². The van der Waals surface area contributed by atoms with Crippen molar-refractivity contribution in [2.75, 3.05) is 26.2 Å². The topological polar surface area (TPSA) is 114 Å². The van der Waals surface area contributed by atoms with E-state index in [2.05, 4.69) is 15.8 Å². The van der Waals surface area contributed by atoms with Crippen LogP contribution in [0.2, 0.25) is 5.02 Å². The predicted octanol–water partition coefficient (Wildman–Crippen LogP) is 3.95. The van der Waals surface area contributed by atoms with E-state index < -0.39 is 0 Å². The quantitative estimate of drug-likeness (QED) is 0.636. The number of ether oxygens (including phenoxy) is 1. The van der Waals surface area contributed by atoms with Crippen LogP contribution in [0.15, 0.2) is 22.7 Å². The molecule has 0 bridgehead atoms. The molecule has 0 saturated carbocycles. The fourth-order valence-corrected chi connectivity index (χ4v) is 4.16. The van der Waals surface area contributed by atoms with Crippen molar-refractivity contribution in [2.24, 2.45) is 5.92 Å². The molecule has 9 nitrogen and oxygen atoms in total. The van der Waals surface area contributed by atoms with Crippen molar-refractivity contribution in [3.8, 4) is 5.75 Å². The molecule has 1 aromatic carbocycles. The second-order valence-electron chi connectivity index (χ2n) is 9.71. The van der Waals surface area contributed by atoms with Crippen molar-refractivity contribution < 1.29 is 23.6 Å². The Kier molecular flexibility index (Phi) is 9.37. The van der Waals surface area contributed by atoms with Gasteiger partial charge in [0.25, 0.3) is 11.8 Å². The Morgan fingerprint density at radius 1 is 1.19 bits per heavy atom. The summed E-state index contributed by atoms with van der Waals surface area (Å²) in [5, 5.41) is 10.4.